The lowest BCUT2D eigenvalue weighted by atomic mass is 10.3. The number of pyridine rings is 1. The molecule has 2 rings (SSSR count). The van der Waals surface area contributed by atoms with Crippen molar-refractivity contribution in [2.75, 3.05) is 7.11 Å². The molecular formula is C13H17NO4. The second-order valence-electron chi connectivity index (χ2n) is 4.54. The summed E-state index contributed by atoms with van der Waals surface area (Å²) in [5.41, 5.74) is 0. The number of carbonyl (C=O) groups excluding carboxylic acids is 1. The van der Waals surface area contributed by atoms with Gasteiger partial charge < -0.3 is 14.2 Å². The Kier molecular flexibility index (Phi) is 3.69. The van der Waals surface area contributed by atoms with Crippen molar-refractivity contribution >= 4 is 5.97 Å². The minimum atomic E-state index is -0.212. The smallest absolute Gasteiger partial charge is 0.314 e. The van der Waals surface area contributed by atoms with E-state index in [0.29, 0.717) is 17.4 Å². The van der Waals surface area contributed by atoms with E-state index in [-0.39, 0.29) is 18.0 Å². The third-order valence-corrected chi connectivity index (χ3v) is 2.50. The van der Waals surface area contributed by atoms with Gasteiger partial charge in [0.1, 0.15) is 0 Å². The Hall–Kier alpha value is -1.78. The summed E-state index contributed by atoms with van der Waals surface area (Å²) >= 11 is 0. The Labute approximate surface area is 106 Å². The predicted octanol–water partition coefficient (Wildman–Crippen LogP) is 2.19. The zero-order chi connectivity index (χ0) is 13.1. The molecule has 0 aliphatic heterocycles. The number of carbonyl (C=O) groups is 1. The van der Waals surface area contributed by atoms with Gasteiger partial charge in [-0.3, -0.25) is 4.79 Å². The van der Waals surface area contributed by atoms with Crippen molar-refractivity contribution in [2.24, 2.45) is 5.92 Å². The molecule has 1 aliphatic rings. The Morgan fingerprint density at radius 1 is 1.39 bits per heavy atom. The van der Waals surface area contributed by atoms with Crippen LogP contribution in [0.5, 0.6) is 17.4 Å². The van der Waals surface area contributed by atoms with Gasteiger partial charge in [-0.15, -0.1) is 0 Å². The lowest BCUT2D eigenvalue weighted by molar-refractivity contribution is -0.135. The molecule has 1 fully saturated rings. The van der Waals surface area contributed by atoms with E-state index in [2.05, 4.69) is 4.98 Å². The third-order valence-electron chi connectivity index (χ3n) is 2.50. The number of aromatic nitrogens is 1. The van der Waals surface area contributed by atoms with E-state index in [4.69, 9.17) is 14.2 Å². The van der Waals surface area contributed by atoms with Crippen LogP contribution in [-0.2, 0) is 4.79 Å². The fourth-order valence-corrected chi connectivity index (χ4v) is 1.45. The highest BCUT2D eigenvalue weighted by atomic mass is 16.6. The lowest BCUT2D eigenvalue weighted by Gasteiger charge is -2.14. The molecule has 1 saturated carbocycles. The second-order valence-corrected chi connectivity index (χ2v) is 4.54. The van der Waals surface area contributed by atoms with Gasteiger partial charge in [0.15, 0.2) is 11.5 Å². The Morgan fingerprint density at radius 3 is 2.67 bits per heavy atom. The van der Waals surface area contributed by atoms with Gasteiger partial charge >= 0.3 is 5.97 Å². The van der Waals surface area contributed by atoms with E-state index in [9.17, 15) is 4.79 Å². The molecule has 1 heterocycles. The Morgan fingerprint density at radius 2 is 2.11 bits per heavy atom. The van der Waals surface area contributed by atoms with Crippen LogP contribution in [0.3, 0.4) is 0 Å². The number of nitrogens with zero attached hydrogens (tertiary/aromatic N) is 1. The first-order valence-electron chi connectivity index (χ1n) is 6.02. The van der Waals surface area contributed by atoms with Crippen LogP contribution in [-0.4, -0.2) is 24.2 Å². The maximum Gasteiger partial charge on any atom is 0.314 e. The van der Waals surface area contributed by atoms with E-state index in [1.54, 1.807) is 6.07 Å². The number of hydrogen-bond donors (Lipinski definition) is 0. The number of methoxy groups -OCH3 is 1. The van der Waals surface area contributed by atoms with Gasteiger partial charge in [-0.1, -0.05) is 0 Å². The first-order chi connectivity index (χ1) is 8.60. The molecule has 0 spiro atoms. The quantitative estimate of drug-likeness (QED) is 0.751. The molecule has 0 saturated heterocycles. The summed E-state index contributed by atoms with van der Waals surface area (Å²) in [6.07, 6.45) is 3.25. The van der Waals surface area contributed by atoms with Crippen LogP contribution in [0.25, 0.3) is 0 Å². The van der Waals surface area contributed by atoms with Crippen LogP contribution in [0.1, 0.15) is 26.7 Å². The molecule has 1 aliphatic carbocycles. The fourth-order valence-electron chi connectivity index (χ4n) is 1.45. The van der Waals surface area contributed by atoms with E-state index in [0.717, 1.165) is 12.8 Å². The monoisotopic (exact) mass is 251 g/mol. The highest BCUT2D eigenvalue weighted by Crippen LogP contribution is 2.35. The van der Waals surface area contributed by atoms with E-state index in [1.807, 2.05) is 13.8 Å². The first-order valence-corrected chi connectivity index (χ1v) is 6.02. The van der Waals surface area contributed by atoms with Gasteiger partial charge in [0.25, 0.3) is 0 Å². The minimum Gasteiger partial charge on any atom is -0.487 e. The molecule has 1 aromatic heterocycles. The molecule has 5 heteroatoms. The summed E-state index contributed by atoms with van der Waals surface area (Å²) in [6, 6.07) is 1.62. The van der Waals surface area contributed by atoms with Gasteiger partial charge in [0.05, 0.1) is 25.3 Å². The number of ether oxygens (including phenoxy) is 3. The van der Waals surface area contributed by atoms with Gasteiger partial charge in [-0.05, 0) is 26.7 Å². The molecule has 0 bridgehead atoms. The van der Waals surface area contributed by atoms with Crippen molar-refractivity contribution in [3.8, 4) is 17.4 Å². The molecular weight excluding hydrogens is 234 g/mol. The van der Waals surface area contributed by atoms with Crippen LogP contribution in [0, 0.1) is 5.92 Å². The van der Waals surface area contributed by atoms with Crippen molar-refractivity contribution < 1.29 is 19.0 Å². The SMILES string of the molecule is COc1cc(OC(C)C)c(OC(=O)C2CC2)cn1. The fraction of sp³-hybridized carbons (Fsp3) is 0.538. The number of esters is 1. The summed E-state index contributed by atoms with van der Waals surface area (Å²) in [6.45, 7) is 3.80. The summed E-state index contributed by atoms with van der Waals surface area (Å²) in [5, 5.41) is 0. The van der Waals surface area contributed by atoms with Crippen LogP contribution < -0.4 is 14.2 Å². The largest absolute Gasteiger partial charge is 0.487 e. The van der Waals surface area contributed by atoms with Crippen molar-refractivity contribution in [1.82, 2.24) is 4.98 Å². The average Bonchev–Trinajstić information content (AvgIpc) is 3.14. The zero-order valence-corrected chi connectivity index (χ0v) is 10.8. The molecule has 0 radical (unpaired) electrons. The summed E-state index contributed by atoms with van der Waals surface area (Å²) in [7, 11) is 1.53. The van der Waals surface area contributed by atoms with Gasteiger partial charge in [0, 0.05) is 6.07 Å². The lowest BCUT2D eigenvalue weighted by Crippen LogP contribution is -2.13. The highest BCUT2D eigenvalue weighted by Gasteiger charge is 2.32. The first kappa shape index (κ1) is 12.7. The van der Waals surface area contributed by atoms with E-state index < -0.39 is 0 Å². The van der Waals surface area contributed by atoms with Crippen LogP contribution in [0.2, 0.25) is 0 Å². The standard InChI is InChI=1S/C13H17NO4/c1-8(2)17-10-6-12(16-3)14-7-11(10)18-13(15)9-4-5-9/h6-9H,4-5H2,1-3H3. The summed E-state index contributed by atoms with van der Waals surface area (Å²) in [5.74, 6) is 1.08. The molecule has 18 heavy (non-hydrogen) atoms. The second kappa shape index (κ2) is 5.25. The molecule has 0 atom stereocenters. The normalized spacial score (nSPS) is 14.4. The minimum absolute atomic E-state index is 0.0181. The maximum atomic E-state index is 11.6. The molecule has 98 valence electrons. The Bertz CT molecular complexity index is 441. The molecule has 0 amide bonds. The number of rotatable bonds is 5. The van der Waals surface area contributed by atoms with Crippen LogP contribution >= 0.6 is 0 Å². The van der Waals surface area contributed by atoms with Crippen LogP contribution in [0.15, 0.2) is 12.3 Å². The predicted molar refractivity (Wildman–Crippen MR) is 64.9 cm³/mol. The Balaban J connectivity index is 2.17. The molecule has 0 aromatic carbocycles. The maximum absolute atomic E-state index is 11.6. The van der Waals surface area contributed by atoms with Crippen molar-refractivity contribution in [3.05, 3.63) is 12.3 Å². The van der Waals surface area contributed by atoms with E-state index in [1.165, 1.54) is 13.3 Å². The molecule has 0 unspecified atom stereocenters. The average molecular weight is 251 g/mol. The third kappa shape index (κ3) is 3.12. The summed E-state index contributed by atoms with van der Waals surface area (Å²) < 4.78 is 15.9. The summed E-state index contributed by atoms with van der Waals surface area (Å²) in [4.78, 5) is 15.6. The van der Waals surface area contributed by atoms with Gasteiger partial charge in [0.2, 0.25) is 5.88 Å². The van der Waals surface area contributed by atoms with Crippen molar-refractivity contribution in [3.63, 3.8) is 0 Å². The van der Waals surface area contributed by atoms with E-state index >= 15 is 0 Å². The molecule has 5 nitrogen and oxygen atoms in total. The van der Waals surface area contributed by atoms with Gasteiger partial charge in [-0.2, -0.15) is 0 Å². The van der Waals surface area contributed by atoms with Crippen molar-refractivity contribution in [2.45, 2.75) is 32.8 Å². The van der Waals surface area contributed by atoms with Crippen molar-refractivity contribution in [1.29, 1.82) is 0 Å². The van der Waals surface area contributed by atoms with Crippen LogP contribution in [0.4, 0.5) is 0 Å². The zero-order valence-electron chi connectivity index (χ0n) is 10.8. The molecule has 0 N–H and O–H groups in total. The number of hydrogen-bond acceptors (Lipinski definition) is 5. The molecule has 1 aromatic rings. The highest BCUT2D eigenvalue weighted by molar-refractivity contribution is 5.78. The topological polar surface area (TPSA) is 57.7 Å². The van der Waals surface area contributed by atoms with Gasteiger partial charge in [-0.25, -0.2) is 4.98 Å².